The van der Waals surface area contributed by atoms with E-state index in [9.17, 15) is 24.0 Å². The molecule has 3 atom stereocenters. The maximum Gasteiger partial charge on any atom is 0.411 e. The standard InChI is InChI=1S/C48H75N5O10Si2/c1-17-18-35-23-37(28-61-64(15,16)48(11,12)13)53(26-35)45(56)38-24-40(59-14)41(63-65(30(4)5,31(6)7)32(8)9)25-39(38)52-47(58)60-27-34-19-21-36(22-20-34)51-43(54)33(10)50-44(55)42(29(2)3)62-46(49)57/h17-22,24-26,29-33,37,42H,23,27-28H2,1-16H3,(H2,49,57)(H,50,55)(H,51,54)(H,52,58)/b18-17+/t33?,37-,42?/m0/s1. The first-order chi connectivity index (χ1) is 30.2. The first-order valence-electron chi connectivity index (χ1n) is 22.5. The largest absolute Gasteiger partial charge is 0.540 e. The van der Waals surface area contributed by atoms with Gasteiger partial charge in [0.05, 0.1) is 31.0 Å². The van der Waals surface area contributed by atoms with E-state index in [1.165, 1.54) is 6.92 Å². The van der Waals surface area contributed by atoms with E-state index in [1.54, 1.807) is 62.3 Å². The molecule has 0 radical (unpaired) electrons. The Kier molecular flexibility index (Phi) is 19.1. The van der Waals surface area contributed by atoms with Crippen molar-refractivity contribution in [3.8, 4) is 11.5 Å². The van der Waals surface area contributed by atoms with E-state index in [1.807, 2.05) is 25.3 Å². The number of nitrogens with zero attached hydrogens (tertiary/aromatic N) is 1. The summed E-state index contributed by atoms with van der Waals surface area (Å²) in [4.78, 5) is 67.1. The number of nitrogens with two attached hydrogens (primary N) is 1. The minimum Gasteiger partial charge on any atom is -0.540 e. The predicted octanol–water partition coefficient (Wildman–Crippen LogP) is 10.3. The summed E-state index contributed by atoms with van der Waals surface area (Å²) in [5.41, 5.74) is 8.21. The Morgan fingerprint density at radius 3 is 1.98 bits per heavy atom. The first kappa shape index (κ1) is 54.2. The molecule has 5 amide bonds. The number of anilines is 2. The Hall–Kier alpha value is -5.14. The zero-order valence-corrected chi connectivity index (χ0v) is 43.5. The molecule has 1 heterocycles. The maximum absolute atomic E-state index is 14.9. The van der Waals surface area contributed by atoms with Gasteiger partial charge in [0.2, 0.25) is 5.91 Å². The lowest BCUT2D eigenvalue weighted by Gasteiger charge is -2.42. The highest BCUT2D eigenvalue weighted by atomic mass is 28.4. The zero-order chi connectivity index (χ0) is 49.2. The van der Waals surface area contributed by atoms with Gasteiger partial charge in [-0.1, -0.05) is 100 Å². The van der Waals surface area contributed by atoms with Crippen molar-refractivity contribution in [1.29, 1.82) is 0 Å². The third-order valence-electron chi connectivity index (χ3n) is 12.4. The van der Waals surface area contributed by atoms with Crippen LogP contribution in [0, 0.1) is 5.92 Å². The van der Waals surface area contributed by atoms with Crippen molar-refractivity contribution in [2.24, 2.45) is 11.7 Å². The van der Waals surface area contributed by atoms with Crippen molar-refractivity contribution < 1.29 is 47.0 Å². The third-order valence-corrected chi connectivity index (χ3v) is 22.9. The lowest BCUT2D eigenvalue weighted by Crippen LogP contribution is -2.50. The summed E-state index contributed by atoms with van der Waals surface area (Å²) in [6.45, 7) is 31.0. The van der Waals surface area contributed by atoms with Crippen LogP contribution in [0.2, 0.25) is 34.8 Å². The molecule has 0 saturated heterocycles. The fourth-order valence-electron chi connectivity index (χ4n) is 7.89. The highest BCUT2D eigenvalue weighted by molar-refractivity contribution is 6.78. The van der Waals surface area contributed by atoms with Crippen LogP contribution >= 0.6 is 0 Å². The van der Waals surface area contributed by atoms with Crippen LogP contribution in [0.25, 0.3) is 0 Å². The second kappa shape index (κ2) is 22.9. The minimum absolute atomic E-state index is 0.0259. The van der Waals surface area contributed by atoms with Crippen LogP contribution in [-0.2, 0) is 30.1 Å². The molecule has 5 N–H and O–H groups in total. The van der Waals surface area contributed by atoms with Gasteiger partial charge in [-0.2, -0.15) is 0 Å². The van der Waals surface area contributed by atoms with Crippen LogP contribution in [0.15, 0.2) is 60.3 Å². The van der Waals surface area contributed by atoms with E-state index in [2.05, 4.69) is 91.4 Å². The normalized spacial score (nSPS) is 15.5. The van der Waals surface area contributed by atoms with Gasteiger partial charge in [0.1, 0.15) is 18.4 Å². The fraction of sp³-hybridized carbons (Fsp3) is 0.562. The highest BCUT2D eigenvalue weighted by Gasteiger charge is 2.48. The molecule has 2 unspecified atom stereocenters. The van der Waals surface area contributed by atoms with Crippen molar-refractivity contribution in [2.45, 2.75) is 156 Å². The van der Waals surface area contributed by atoms with Crippen LogP contribution < -0.4 is 30.8 Å². The van der Waals surface area contributed by atoms with Crippen molar-refractivity contribution >= 4 is 57.9 Å². The topological polar surface area (TPSA) is 197 Å². The Bertz CT molecular complexity index is 2040. The molecule has 2 aromatic rings. The number of benzene rings is 2. The first-order valence-corrected chi connectivity index (χ1v) is 27.5. The molecular weight excluding hydrogens is 863 g/mol. The van der Waals surface area contributed by atoms with Crippen molar-refractivity contribution in [3.05, 3.63) is 71.5 Å². The van der Waals surface area contributed by atoms with Gasteiger partial charge in [-0.15, -0.1) is 0 Å². The average molecular weight is 938 g/mol. The number of amides is 5. The van der Waals surface area contributed by atoms with E-state index in [-0.39, 0.29) is 57.4 Å². The van der Waals surface area contributed by atoms with Crippen LogP contribution in [0.5, 0.6) is 11.5 Å². The monoisotopic (exact) mass is 938 g/mol. The number of primary amides is 1. The summed E-state index contributed by atoms with van der Waals surface area (Å²) in [7, 11) is -3.16. The molecule has 15 nitrogen and oxygen atoms in total. The van der Waals surface area contributed by atoms with Crippen molar-refractivity contribution in [1.82, 2.24) is 10.2 Å². The number of hydrogen-bond acceptors (Lipinski definition) is 10. The summed E-state index contributed by atoms with van der Waals surface area (Å²) >= 11 is 0. The summed E-state index contributed by atoms with van der Waals surface area (Å²) in [6.07, 6.45) is 3.33. The predicted molar refractivity (Wildman–Crippen MR) is 261 cm³/mol. The maximum atomic E-state index is 14.9. The molecule has 0 saturated carbocycles. The quantitative estimate of drug-likeness (QED) is 0.0927. The van der Waals surface area contributed by atoms with Gasteiger partial charge in [0, 0.05) is 18.0 Å². The lowest BCUT2D eigenvalue weighted by molar-refractivity contribution is -0.134. The molecular formula is C48H75N5O10Si2. The van der Waals surface area contributed by atoms with Gasteiger partial charge >= 0.3 is 12.2 Å². The molecule has 0 bridgehead atoms. The van der Waals surface area contributed by atoms with E-state index in [0.29, 0.717) is 35.8 Å². The summed E-state index contributed by atoms with van der Waals surface area (Å²) in [5.74, 6) is -1.08. The van der Waals surface area contributed by atoms with Crippen LogP contribution in [0.3, 0.4) is 0 Å². The number of hydrogen-bond donors (Lipinski definition) is 4. The van der Waals surface area contributed by atoms with Crippen LogP contribution in [0.1, 0.15) is 112 Å². The Labute approximate surface area is 388 Å². The smallest absolute Gasteiger partial charge is 0.411 e. The molecule has 0 fully saturated rings. The molecule has 1 aliphatic heterocycles. The molecule has 17 heteroatoms. The number of allylic oxidation sites excluding steroid dienone is 2. The minimum atomic E-state index is -2.54. The Morgan fingerprint density at radius 1 is 0.877 bits per heavy atom. The van der Waals surface area contributed by atoms with Gasteiger partial charge in [0.15, 0.2) is 20.2 Å². The summed E-state index contributed by atoms with van der Waals surface area (Å²) in [5, 5.41) is 8.10. The molecule has 0 aromatic heterocycles. The molecule has 0 aliphatic carbocycles. The Morgan fingerprint density at radius 2 is 1.48 bits per heavy atom. The molecule has 2 aromatic carbocycles. The van der Waals surface area contributed by atoms with Crippen LogP contribution in [0.4, 0.5) is 21.0 Å². The number of carbonyl (C=O) groups is 5. The van der Waals surface area contributed by atoms with Gasteiger partial charge in [-0.25, -0.2) is 9.59 Å². The van der Waals surface area contributed by atoms with Crippen LogP contribution in [-0.4, -0.2) is 83.3 Å². The number of methoxy groups -OCH3 is 1. The highest BCUT2D eigenvalue weighted by Crippen LogP contribution is 2.46. The van der Waals surface area contributed by atoms with E-state index < -0.39 is 52.8 Å². The zero-order valence-electron chi connectivity index (χ0n) is 41.5. The third kappa shape index (κ3) is 13.9. The van der Waals surface area contributed by atoms with Crippen molar-refractivity contribution in [2.75, 3.05) is 24.4 Å². The molecule has 0 spiro atoms. The molecule has 3 rings (SSSR count). The number of nitrogens with one attached hydrogen (secondary N) is 3. The SMILES string of the molecule is C/C=C/C1=CN(C(=O)c2cc(OC)c(O[Si](C(C)C)(C(C)C)C(C)C)cc2NC(=O)OCc2ccc(NC(=O)C(C)NC(=O)C(OC(N)=O)C(C)C)cc2)[C@H](CO[Si](C)(C)C(C)(C)C)C1. The van der Waals surface area contributed by atoms with E-state index in [0.717, 1.165) is 5.57 Å². The molecule has 1 aliphatic rings. The van der Waals surface area contributed by atoms with Crippen molar-refractivity contribution in [3.63, 3.8) is 0 Å². The number of rotatable bonds is 20. The van der Waals surface area contributed by atoms with Gasteiger partial charge < -0.3 is 44.3 Å². The summed E-state index contributed by atoms with van der Waals surface area (Å²) in [6, 6.07) is 8.67. The second-order valence-electron chi connectivity index (χ2n) is 19.5. The Balaban J connectivity index is 1.93. The van der Waals surface area contributed by atoms with E-state index in [4.69, 9.17) is 28.8 Å². The summed E-state index contributed by atoms with van der Waals surface area (Å²) < 4.78 is 30.3. The van der Waals surface area contributed by atoms with Gasteiger partial charge in [0.25, 0.3) is 20.1 Å². The van der Waals surface area contributed by atoms with Gasteiger partial charge in [-0.3, -0.25) is 19.7 Å². The lowest BCUT2D eigenvalue weighted by atomic mass is 10.1. The fourth-order valence-corrected chi connectivity index (χ4v) is 14.2. The molecule has 360 valence electrons. The number of carbonyl (C=O) groups excluding carboxylic acids is 5. The number of ether oxygens (including phenoxy) is 3. The van der Waals surface area contributed by atoms with E-state index >= 15 is 0 Å². The van der Waals surface area contributed by atoms with Gasteiger partial charge in [-0.05, 0) is 90.3 Å². The molecule has 65 heavy (non-hydrogen) atoms. The second-order valence-corrected chi connectivity index (χ2v) is 29.7. The average Bonchev–Trinajstić information content (AvgIpc) is 3.62.